The Hall–Kier alpha value is -0.930. The molecule has 1 aromatic carbocycles. The number of halogens is 1. The molecule has 0 aromatic heterocycles. The van der Waals surface area contributed by atoms with Crippen molar-refractivity contribution in [3.8, 4) is 0 Å². The van der Waals surface area contributed by atoms with E-state index < -0.39 is 0 Å². The van der Waals surface area contributed by atoms with Gasteiger partial charge in [-0.3, -0.25) is 0 Å². The van der Waals surface area contributed by atoms with Crippen LogP contribution in [0.5, 0.6) is 0 Å². The molecule has 0 heterocycles. The average molecular weight is 292 g/mol. The average Bonchev–Trinajstić information content (AvgIpc) is 2.43. The molecule has 1 aliphatic rings. The number of hydrogen-bond acceptors (Lipinski definition) is 2. The minimum atomic E-state index is -0.169. The highest BCUT2D eigenvalue weighted by atomic mass is 19.1. The molecule has 1 aromatic rings. The Bertz CT molecular complexity index is 455. The van der Waals surface area contributed by atoms with Crippen molar-refractivity contribution in [2.45, 2.75) is 46.2 Å². The van der Waals surface area contributed by atoms with Crippen molar-refractivity contribution in [3.63, 3.8) is 0 Å². The van der Waals surface area contributed by atoms with Crippen molar-refractivity contribution in [2.24, 2.45) is 23.0 Å². The fraction of sp³-hybridized carbons (Fsp3) is 0.667. The van der Waals surface area contributed by atoms with Crippen molar-refractivity contribution >= 4 is 0 Å². The van der Waals surface area contributed by atoms with E-state index in [0.29, 0.717) is 17.9 Å². The van der Waals surface area contributed by atoms with Crippen LogP contribution >= 0.6 is 0 Å². The number of hydrogen-bond donors (Lipinski definition) is 1. The van der Waals surface area contributed by atoms with Gasteiger partial charge in [0.05, 0.1) is 0 Å². The summed E-state index contributed by atoms with van der Waals surface area (Å²) in [6.07, 6.45) is 2.33. The standard InChI is InChI=1S/C18H29FN2/c1-13-17(20)10-7-15(18(13,2)3)12-21(4)11-14-5-8-16(19)9-6-14/h5-6,8-9,13,15,17H,7,10-12,20H2,1-4H3. The van der Waals surface area contributed by atoms with E-state index in [2.05, 4.69) is 32.7 Å². The summed E-state index contributed by atoms with van der Waals surface area (Å²) >= 11 is 0. The van der Waals surface area contributed by atoms with Gasteiger partial charge in [0, 0.05) is 19.1 Å². The molecule has 0 radical (unpaired) electrons. The maximum atomic E-state index is 13.0. The van der Waals surface area contributed by atoms with Crippen LogP contribution in [0.1, 0.15) is 39.2 Å². The zero-order valence-electron chi connectivity index (χ0n) is 13.8. The minimum Gasteiger partial charge on any atom is -0.327 e. The molecule has 0 amide bonds. The van der Waals surface area contributed by atoms with Gasteiger partial charge < -0.3 is 10.6 Å². The summed E-state index contributed by atoms with van der Waals surface area (Å²) in [5.74, 6) is 1.05. The first-order chi connectivity index (χ1) is 9.80. The zero-order chi connectivity index (χ0) is 15.6. The van der Waals surface area contributed by atoms with E-state index in [4.69, 9.17) is 5.73 Å². The van der Waals surface area contributed by atoms with Gasteiger partial charge in [-0.05, 0) is 54.8 Å². The van der Waals surface area contributed by atoms with E-state index >= 15 is 0 Å². The Morgan fingerprint density at radius 2 is 1.86 bits per heavy atom. The SMILES string of the molecule is CC1C(N)CCC(CN(C)Cc2ccc(F)cc2)C1(C)C. The van der Waals surface area contributed by atoms with Crippen LogP contribution < -0.4 is 5.73 Å². The fourth-order valence-electron chi connectivity index (χ4n) is 3.61. The first-order valence-corrected chi connectivity index (χ1v) is 7.99. The van der Waals surface area contributed by atoms with Crippen molar-refractivity contribution < 1.29 is 4.39 Å². The third-order valence-corrected chi connectivity index (χ3v) is 5.61. The molecule has 3 unspecified atom stereocenters. The quantitative estimate of drug-likeness (QED) is 0.917. The molecule has 2 nitrogen and oxygen atoms in total. The summed E-state index contributed by atoms with van der Waals surface area (Å²) in [6.45, 7) is 8.94. The normalized spacial score (nSPS) is 28.8. The Morgan fingerprint density at radius 1 is 1.24 bits per heavy atom. The van der Waals surface area contributed by atoms with Crippen LogP contribution in [0.15, 0.2) is 24.3 Å². The molecule has 118 valence electrons. The van der Waals surface area contributed by atoms with E-state index in [-0.39, 0.29) is 11.2 Å². The molecule has 21 heavy (non-hydrogen) atoms. The van der Waals surface area contributed by atoms with E-state index in [9.17, 15) is 4.39 Å². The smallest absolute Gasteiger partial charge is 0.123 e. The third kappa shape index (κ3) is 3.83. The Balaban J connectivity index is 1.95. The molecule has 1 saturated carbocycles. The third-order valence-electron chi connectivity index (χ3n) is 5.61. The van der Waals surface area contributed by atoms with Gasteiger partial charge in [-0.25, -0.2) is 4.39 Å². The van der Waals surface area contributed by atoms with E-state index in [0.717, 1.165) is 25.1 Å². The van der Waals surface area contributed by atoms with Gasteiger partial charge in [0.15, 0.2) is 0 Å². The van der Waals surface area contributed by atoms with Gasteiger partial charge in [-0.15, -0.1) is 0 Å². The van der Waals surface area contributed by atoms with Gasteiger partial charge in [0.2, 0.25) is 0 Å². The second-order valence-electron chi connectivity index (χ2n) is 7.37. The van der Waals surface area contributed by atoms with Crippen molar-refractivity contribution in [1.82, 2.24) is 4.90 Å². The fourth-order valence-corrected chi connectivity index (χ4v) is 3.61. The molecule has 0 saturated heterocycles. The molecule has 2 rings (SSSR count). The lowest BCUT2D eigenvalue weighted by atomic mass is 9.61. The zero-order valence-corrected chi connectivity index (χ0v) is 13.8. The van der Waals surface area contributed by atoms with Crippen LogP contribution in [0, 0.1) is 23.1 Å². The van der Waals surface area contributed by atoms with Crippen LogP contribution in [0.25, 0.3) is 0 Å². The highest BCUT2D eigenvalue weighted by molar-refractivity contribution is 5.15. The first-order valence-electron chi connectivity index (χ1n) is 7.99. The summed E-state index contributed by atoms with van der Waals surface area (Å²) in [6, 6.07) is 7.15. The highest BCUT2D eigenvalue weighted by Crippen LogP contribution is 2.44. The first kappa shape index (κ1) is 16.4. The molecular formula is C18H29FN2. The van der Waals surface area contributed by atoms with Gasteiger partial charge in [-0.1, -0.05) is 32.9 Å². The monoisotopic (exact) mass is 292 g/mol. The minimum absolute atomic E-state index is 0.169. The second-order valence-corrected chi connectivity index (χ2v) is 7.37. The highest BCUT2D eigenvalue weighted by Gasteiger charge is 2.41. The molecular weight excluding hydrogens is 263 g/mol. The Labute approximate surface area is 128 Å². The lowest BCUT2D eigenvalue weighted by Gasteiger charge is -2.48. The largest absolute Gasteiger partial charge is 0.327 e. The Morgan fingerprint density at radius 3 is 2.48 bits per heavy atom. The summed E-state index contributed by atoms with van der Waals surface area (Å²) in [5.41, 5.74) is 7.67. The number of nitrogens with two attached hydrogens (primary N) is 1. The van der Waals surface area contributed by atoms with E-state index in [1.807, 2.05) is 12.1 Å². The van der Waals surface area contributed by atoms with Crippen LogP contribution in [-0.2, 0) is 6.54 Å². The summed E-state index contributed by atoms with van der Waals surface area (Å²) in [7, 11) is 2.15. The van der Waals surface area contributed by atoms with Gasteiger partial charge >= 0.3 is 0 Å². The van der Waals surface area contributed by atoms with Crippen LogP contribution in [0.3, 0.4) is 0 Å². The maximum absolute atomic E-state index is 13.0. The van der Waals surface area contributed by atoms with Crippen LogP contribution in [0.4, 0.5) is 4.39 Å². The number of benzene rings is 1. The lowest BCUT2D eigenvalue weighted by molar-refractivity contribution is 0.0324. The number of nitrogens with zero attached hydrogens (tertiary/aromatic N) is 1. The van der Waals surface area contributed by atoms with Gasteiger partial charge in [-0.2, -0.15) is 0 Å². The number of rotatable bonds is 4. The van der Waals surface area contributed by atoms with Crippen molar-refractivity contribution in [3.05, 3.63) is 35.6 Å². The van der Waals surface area contributed by atoms with E-state index in [1.54, 1.807) is 0 Å². The molecule has 1 fully saturated rings. The molecule has 0 bridgehead atoms. The van der Waals surface area contributed by atoms with Crippen LogP contribution in [-0.4, -0.2) is 24.5 Å². The molecule has 1 aliphatic carbocycles. The summed E-state index contributed by atoms with van der Waals surface area (Å²) in [4.78, 5) is 2.35. The predicted octanol–water partition coefficient (Wildman–Crippen LogP) is 3.66. The summed E-state index contributed by atoms with van der Waals surface area (Å²) < 4.78 is 13.0. The van der Waals surface area contributed by atoms with E-state index in [1.165, 1.54) is 18.6 Å². The lowest BCUT2D eigenvalue weighted by Crippen LogP contribution is -2.49. The molecule has 3 atom stereocenters. The Kier molecular flexibility index (Phi) is 5.05. The maximum Gasteiger partial charge on any atom is 0.123 e. The molecule has 2 N–H and O–H groups in total. The second kappa shape index (κ2) is 6.45. The topological polar surface area (TPSA) is 29.3 Å². The predicted molar refractivity (Wildman–Crippen MR) is 86.4 cm³/mol. The van der Waals surface area contributed by atoms with Crippen molar-refractivity contribution in [2.75, 3.05) is 13.6 Å². The van der Waals surface area contributed by atoms with Crippen molar-refractivity contribution in [1.29, 1.82) is 0 Å². The summed E-state index contributed by atoms with van der Waals surface area (Å²) in [5, 5.41) is 0. The van der Waals surface area contributed by atoms with Gasteiger partial charge in [0.25, 0.3) is 0 Å². The van der Waals surface area contributed by atoms with Crippen LogP contribution in [0.2, 0.25) is 0 Å². The molecule has 3 heteroatoms. The molecule has 0 spiro atoms. The molecule has 0 aliphatic heterocycles. The van der Waals surface area contributed by atoms with Gasteiger partial charge in [0.1, 0.15) is 5.82 Å².